The Morgan fingerprint density at radius 1 is 1.44 bits per heavy atom. The van der Waals surface area contributed by atoms with Crippen molar-refractivity contribution in [1.29, 1.82) is 0 Å². The Morgan fingerprint density at radius 3 is 2.83 bits per heavy atom. The summed E-state index contributed by atoms with van der Waals surface area (Å²) in [5, 5.41) is 0. The summed E-state index contributed by atoms with van der Waals surface area (Å²) >= 11 is 0. The van der Waals surface area contributed by atoms with Gasteiger partial charge in [-0.3, -0.25) is 9.78 Å². The molecule has 1 atom stereocenters. The molecule has 0 radical (unpaired) electrons. The summed E-state index contributed by atoms with van der Waals surface area (Å²) in [4.78, 5) is 17.8. The topological polar surface area (TPSA) is 42.4 Å². The third-order valence-electron chi connectivity index (χ3n) is 3.14. The Bertz CT molecular complexity index is 392. The minimum absolute atomic E-state index is 0.0599. The molecule has 4 nitrogen and oxygen atoms in total. The van der Waals surface area contributed by atoms with Gasteiger partial charge in [-0.1, -0.05) is 13.8 Å². The third-order valence-corrected chi connectivity index (χ3v) is 3.14. The van der Waals surface area contributed by atoms with Crippen molar-refractivity contribution in [3.8, 4) is 5.75 Å². The number of likely N-dealkylation sites (tertiary alicyclic amines) is 1. The summed E-state index contributed by atoms with van der Waals surface area (Å²) < 4.78 is 5.88. The Hall–Kier alpha value is -1.58. The first-order chi connectivity index (χ1) is 8.66. The van der Waals surface area contributed by atoms with Gasteiger partial charge in [-0.2, -0.15) is 0 Å². The Kier molecular flexibility index (Phi) is 4.18. The maximum absolute atomic E-state index is 12.0. The van der Waals surface area contributed by atoms with Crippen LogP contribution in [-0.2, 0) is 4.79 Å². The molecule has 0 spiro atoms. The monoisotopic (exact) mass is 248 g/mol. The molecule has 2 heterocycles. The van der Waals surface area contributed by atoms with E-state index in [-0.39, 0.29) is 17.9 Å². The van der Waals surface area contributed by atoms with Gasteiger partial charge in [0.25, 0.3) is 0 Å². The molecular formula is C14H20N2O2. The third kappa shape index (κ3) is 3.22. The van der Waals surface area contributed by atoms with Crippen molar-refractivity contribution < 1.29 is 9.53 Å². The summed E-state index contributed by atoms with van der Waals surface area (Å²) in [6.45, 7) is 5.43. The van der Waals surface area contributed by atoms with Gasteiger partial charge < -0.3 is 9.64 Å². The average Bonchev–Trinajstić information content (AvgIpc) is 2.39. The van der Waals surface area contributed by atoms with Gasteiger partial charge in [0.2, 0.25) is 5.91 Å². The molecule has 0 aliphatic carbocycles. The minimum atomic E-state index is 0.0599. The van der Waals surface area contributed by atoms with Crippen LogP contribution in [0.25, 0.3) is 0 Å². The van der Waals surface area contributed by atoms with E-state index in [0.29, 0.717) is 6.54 Å². The van der Waals surface area contributed by atoms with Gasteiger partial charge in [-0.25, -0.2) is 0 Å². The predicted octanol–water partition coefficient (Wildman–Crippen LogP) is 2.11. The maximum atomic E-state index is 12.0. The van der Waals surface area contributed by atoms with Crippen LogP contribution in [0.15, 0.2) is 24.5 Å². The zero-order valence-electron chi connectivity index (χ0n) is 11.0. The summed E-state index contributed by atoms with van der Waals surface area (Å²) in [5.41, 5.74) is 0. The molecule has 1 aliphatic heterocycles. The van der Waals surface area contributed by atoms with Crippen LogP contribution in [-0.4, -0.2) is 35.0 Å². The normalized spacial score (nSPS) is 19.9. The second kappa shape index (κ2) is 5.85. The molecule has 0 N–H and O–H groups in total. The quantitative estimate of drug-likeness (QED) is 0.822. The van der Waals surface area contributed by atoms with E-state index in [1.807, 2.05) is 30.9 Å². The van der Waals surface area contributed by atoms with Crippen LogP contribution in [0.1, 0.15) is 26.7 Å². The van der Waals surface area contributed by atoms with Crippen LogP contribution in [0.4, 0.5) is 0 Å². The van der Waals surface area contributed by atoms with Crippen molar-refractivity contribution in [3.63, 3.8) is 0 Å². The number of amides is 1. The Labute approximate surface area is 108 Å². The minimum Gasteiger partial charge on any atom is -0.488 e. The lowest BCUT2D eigenvalue weighted by molar-refractivity contribution is -0.137. The largest absolute Gasteiger partial charge is 0.488 e. The van der Waals surface area contributed by atoms with Gasteiger partial charge in [0.15, 0.2) is 0 Å². The number of piperidine rings is 1. The molecule has 1 aromatic heterocycles. The molecule has 1 aliphatic rings. The van der Waals surface area contributed by atoms with Crippen molar-refractivity contribution in [1.82, 2.24) is 9.88 Å². The SMILES string of the molecule is CC(C)C(=O)N1CCCC(Oc2ccncc2)C1. The van der Waals surface area contributed by atoms with E-state index >= 15 is 0 Å². The highest BCUT2D eigenvalue weighted by Gasteiger charge is 2.26. The standard InChI is InChI=1S/C14H20N2O2/c1-11(2)14(17)16-9-3-4-13(10-16)18-12-5-7-15-8-6-12/h5-8,11,13H,3-4,9-10H2,1-2H3. The van der Waals surface area contributed by atoms with E-state index in [1.54, 1.807) is 12.4 Å². The molecule has 18 heavy (non-hydrogen) atoms. The molecule has 98 valence electrons. The van der Waals surface area contributed by atoms with E-state index in [9.17, 15) is 4.79 Å². The summed E-state index contributed by atoms with van der Waals surface area (Å²) in [6, 6.07) is 3.70. The molecule has 0 aromatic carbocycles. The number of nitrogens with zero attached hydrogens (tertiary/aromatic N) is 2. The number of rotatable bonds is 3. The van der Waals surface area contributed by atoms with Crippen molar-refractivity contribution in [3.05, 3.63) is 24.5 Å². The predicted molar refractivity (Wildman–Crippen MR) is 69.3 cm³/mol. The van der Waals surface area contributed by atoms with Crippen LogP contribution >= 0.6 is 0 Å². The fourth-order valence-electron chi connectivity index (χ4n) is 2.21. The van der Waals surface area contributed by atoms with Gasteiger partial charge in [0.1, 0.15) is 11.9 Å². The smallest absolute Gasteiger partial charge is 0.225 e. The van der Waals surface area contributed by atoms with Crippen LogP contribution in [0.3, 0.4) is 0 Å². The second-order valence-corrected chi connectivity index (χ2v) is 5.00. The number of ether oxygens (including phenoxy) is 1. The molecule has 1 fully saturated rings. The summed E-state index contributed by atoms with van der Waals surface area (Å²) in [6.07, 6.45) is 5.55. The maximum Gasteiger partial charge on any atom is 0.225 e. The van der Waals surface area contributed by atoms with Crippen LogP contribution in [0.5, 0.6) is 5.75 Å². The highest BCUT2D eigenvalue weighted by molar-refractivity contribution is 5.78. The second-order valence-electron chi connectivity index (χ2n) is 5.00. The Morgan fingerprint density at radius 2 is 2.17 bits per heavy atom. The highest BCUT2D eigenvalue weighted by atomic mass is 16.5. The van der Waals surface area contributed by atoms with E-state index in [2.05, 4.69) is 4.98 Å². The molecule has 1 amide bonds. The summed E-state index contributed by atoms with van der Waals surface area (Å²) in [7, 11) is 0. The molecular weight excluding hydrogens is 228 g/mol. The van der Waals surface area contributed by atoms with E-state index < -0.39 is 0 Å². The van der Waals surface area contributed by atoms with Gasteiger partial charge in [0, 0.05) is 24.9 Å². The summed E-state index contributed by atoms with van der Waals surface area (Å²) in [5.74, 6) is 1.11. The van der Waals surface area contributed by atoms with Crippen LogP contribution in [0.2, 0.25) is 0 Å². The molecule has 1 saturated heterocycles. The molecule has 2 rings (SSSR count). The number of carbonyl (C=O) groups excluding carboxylic acids is 1. The van der Waals surface area contributed by atoms with Crippen molar-refractivity contribution in [2.24, 2.45) is 5.92 Å². The number of carbonyl (C=O) groups is 1. The number of aromatic nitrogens is 1. The highest BCUT2D eigenvalue weighted by Crippen LogP contribution is 2.18. The number of hydrogen-bond acceptors (Lipinski definition) is 3. The van der Waals surface area contributed by atoms with E-state index in [0.717, 1.165) is 25.1 Å². The van der Waals surface area contributed by atoms with E-state index in [1.165, 1.54) is 0 Å². The fraction of sp³-hybridized carbons (Fsp3) is 0.571. The lowest BCUT2D eigenvalue weighted by atomic mass is 10.1. The molecule has 4 heteroatoms. The van der Waals surface area contributed by atoms with Crippen LogP contribution in [0, 0.1) is 5.92 Å². The molecule has 1 aromatic rings. The van der Waals surface area contributed by atoms with Gasteiger partial charge in [-0.05, 0) is 25.0 Å². The lowest BCUT2D eigenvalue weighted by Gasteiger charge is -2.33. The first-order valence-electron chi connectivity index (χ1n) is 6.52. The van der Waals surface area contributed by atoms with Gasteiger partial charge >= 0.3 is 0 Å². The first-order valence-corrected chi connectivity index (χ1v) is 6.52. The first kappa shape index (κ1) is 12.9. The fourth-order valence-corrected chi connectivity index (χ4v) is 2.21. The van der Waals surface area contributed by atoms with Crippen molar-refractivity contribution >= 4 is 5.91 Å². The van der Waals surface area contributed by atoms with Gasteiger partial charge in [-0.15, -0.1) is 0 Å². The zero-order valence-corrected chi connectivity index (χ0v) is 11.0. The van der Waals surface area contributed by atoms with Gasteiger partial charge in [0.05, 0.1) is 6.54 Å². The van der Waals surface area contributed by atoms with Crippen molar-refractivity contribution in [2.75, 3.05) is 13.1 Å². The van der Waals surface area contributed by atoms with Crippen LogP contribution < -0.4 is 4.74 Å². The number of hydrogen-bond donors (Lipinski definition) is 0. The zero-order chi connectivity index (χ0) is 13.0. The molecule has 0 bridgehead atoms. The van der Waals surface area contributed by atoms with E-state index in [4.69, 9.17) is 4.74 Å². The van der Waals surface area contributed by atoms with Crippen molar-refractivity contribution in [2.45, 2.75) is 32.8 Å². The molecule has 0 saturated carbocycles. The average molecular weight is 248 g/mol. The lowest BCUT2D eigenvalue weighted by Crippen LogP contribution is -2.45. The molecule has 1 unspecified atom stereocenters. The number of pyridine rings is 1. The Balaban J connectivity index is 1.93.